The van der Waals surface area contributed by atoms with Crippen LogP contribution in [0.15, 0.2) is 0 Å². The fourth-order valence-corrected chi connectivity index (χ4v) is 4.00. The standard InChI is InChI=1S/C21H42OSi/c1-8-10-11-12-13-14-15-16-17-19-20(18-9-2)22-23(6,7)21(3,4)5/h2,20H,8,10-19H2,1,3-7H3. The van der Waals surface area contributed by atoms with Crippen molar-refractivity contribution in [2.75, 3.05) is 0 Å². The number of rotatable bonds is 13. The summed E-state index contributed by atoms with van der Waals surface area (Å²) >= 11 is 0. The van der Waals surface area contributed by atoms with Gasteiger partial charge in [0.25, 0.3) is 0 Å². The summed E-state index contributed by atoms with van der Waals surface area (Å²) in [6.45, 7) is 13.8. The van der Waals surface area contributed by atoms with Crippen molar-refractivity contribution >= 4 is 8.32 Å². The van der Waals surface area contributed by atoms with Gasteiger partial charge in [-0.2, -0.15) is 0 Å². The van der Waals surface area contributed by atoms with Gasteiger partial charge >= 0.3 is 0 Å². The van der Waals surface area contributed by atoms with E-state index in [1.807, 2.05) is 0 Å². The van der Waals surface area contributed by atoms with Crippen molar-refractivity contribution in [2.45, 2.75) is 123 Å². The van der Waals surface area contributed by atoms with Gasteiger partial charge in [0, 0.05) is 6.42 Å². The average molecular weight is 339 g/mol. The number of terminal acetylenes is 1. The average Bonchev–Trinajstić information content (AvgIpc) is 2.44. The molecule has 2 heteroatoms. The third-order valence-corrected chi connectivity index (χ3v) is 9.78. The van der Waals surface area contributed by atoms with Crippen LogP contribution in [0.25, 0.3) is 0 Å². The van der Waals surface area contributed by atoms with Crippen LogP contribution in [0.1, 0.15) is 98.3 Å². The van der Waals surface area contributed by atoms with E-state index in [-0.39, 0.29) is 11.1 Å². The minimum atomic E-state index is -1.69. The second-order valence-corrected chi connectivity index (χ2v) is 13.3. The highest BCUT2D eigenvalue weighted by Crippen LogP contribution is 2.38. The van der Waals surface area contributed by atoms with E-state index in [0.29, 0.717) is 0 Å². The molecule has 0 aromatic carbocycles. The minimum Gasteiger partial charge on any atom is -0.413 e. The first-order chi connectivity index (χ1) is 10.7. The molecule has 0 rings (SSSR count). The molecule has 0 aromatic heterocycles. The molecule has 1 unspecified atom stereocenters. The first kappa shape index (κ1) is 22.7. The third kappa shape index (κ3) is 11.0. The SMILES string of the molecule is C#CCC(CCCCCCCCCCC)O[Si](C)(C)C(C)(C)C. The molecule has 0 aliphatic rings. The van der Waals surface area contributed by atoms with Gasteiger partial charge in [-0.1, -0.05) is 85.5 Å². The van der Waals surface area contributed by atoms with E-state index in [1.54, 1.807) is 0 Å². The topological polar surface area (TPSA) is 9.23 Å². The van der Waals surface area contributed by atoms with Gasteiger partial charge in [-0.3, -0.25) is 0 Å². The van der Waals surface area contributed by atoms with Crippen molar-refractivity contribution in [3.63, 3.8) is 0 Å². The zero-order valence-electron chi connectivity index (χ0n) is 16.8. The molecule has 0 heterocycles. The maximum atomic E-state index is 6.51. The highest BCUT2D eigenvalue weighted by atomic mass is 28.4. The molecule has 0 saturated heterocycles. The highest BCUT2D eigenvalue weighted by molar-refractivity contribution is 6.74. The van der Waals surface area contributed by atoms with E-state index >= 15 is 0 Å². The minimum absolute atomic E-state index is 0.262. The van der Waals surface area contributed by atoms with Crippen LogP contribution in [0.2, 0.25) is 18.1 Å². The Morgan fingerprint density at radius 2 is 1.39 bits per heavy atom. The monoisotopic (exact) mass is 338 g/mol. The molecular weight excluding hydrogens is 296 g/mol. The van der Waals surface area contributed by atoms with Crippen LogP contribution >= 0.6 is 0 Å². The Kier molecular flexibility index (Phi) is 12.0. The zero-order valence-corrected chi connectivity index (χ0v) is 17.8. The van der Waals surface area contributed by atoms with Gasteiger partial charge in [-0.05, 0) is 24.6 Å². The van der Waals surface area contributed by atoms with Crippen molar-refractivity contribution < 1.29 is 4.43 Å². The Morgan fingerprint density at radius 3 is 1.83 bits per heavy atom. The quantitative estimate of drug-likeness (QED) is 0.194. The molecule has 1 nitrogen and oxygen atoms in total. The van der Waals surface area contributed by atoms with E-state index in [9.17, 15) is 0 Å². The number of hydrogen-bond acceptors (Lipinski definition) is 1. The molecule has 136 valence electrons. The van der Waals surface area contributed by atoms with Gasteiger partial charge in [-0.25, -0.2) is 0 Å². The van der Waals surface area contributed by atoms with E-state index in [4.69, 9.17) is 10.8 Å². The molecule has 0 aliphatic heterocycles. The lowest BCUT2D eigenvalue weighted by Gasteiger charge is -2.39. The molecule has 0 bridgehead atoms. The van der Waals surface area contributed by atoms with E-state index in [1.165, 1.54) is 57.8 Å². The predicted octanol–water partition coefficient (Wildman–Crippen LogP) is 7.32. The summed E-state index contributed by atoms with van der Waals surface area (Å²) in [6, 6.07) is 0. The second kappa shape index (κ2) is 12.1. The Labute approximate surface area is 148 Å². The normalized spacial score (nSPS) is 13.8. The first-order valence-corrected chi connectivity index (χ1v) is 12.8. The van der Waals surface area contributed by atoms with Gasteiger partial charge in [0.05, 0.1) is 6.10 Å². The van der Waals surface area contributed by atoms with Gasteiger partial charge in [0.15, 0.2) is 8.32 Å². The molecule has 0 fully saturated rings. The molecule has 0 spiro atoms. The summed E-state index contributed by atoms with van der Waals surface area (Å²) in [5, 5.41) is 0.262. The van der Waals surface area contributed by atoms with Crippen molar-refractivity contribution in [3.05, 3.63) is 0 Å². The summed E-state index contributed by atoms with van der Waals surface area (Å²) in [7, 11) is -1.69. The molecule has 0 radical (unpaired) electrons. The summed E-state index contributed by atoms with van der Waals surface area (Å²) in [5.74, 6) is 2.82. The maximum Gasteiger partial charge on any atom is 0.192 e. The summed E-state index contributed by atoms with van der Waals surface area (Å²) in [5.41, 5.74) is 0. The summed E-state index contributed by atoms with van der Waals surface area (Å²) < 4.78 is 6.51. The molecule has 0 aliphatic carbocycles. The van der Waals surface area contributed by atoms with E-state index < -0.39 is 8.32 Å². The Bertz CT molecular complexity index is 322. The Balaban J connectivity index is 3.92. The zero-order chi connectivity index (χ0) is 17.8. The molecule has 1 atom stereocenters. The molecule has 0 aromatic rings. The first-order valence-electron chi connectivity index (χ1n) is 9.86. The van der Waals surface area contributed by atoms with Gasteiger partial charge < -0.3 is 4.43 Å². The fourth-order valence-electron chi connectivity index (χ4n) is 2.61. The summed E-state index contributed by atoms with van der Waals surface area (Å²) in [4.78, 5) is 0. The van der Waals surface area contributed by atoms with Crippen molar-refractivity contribution in [3.8, 4) is 12.3 Å². The predicted molar refractivity (Wildman–Crippen MR) is 107 cm³/mol. The molecule has 0 amide bonds. The lowest BCUT2D eigenvalue weighted by molar-refractivity contribution is 0.172. The van der Waals surface area contributed by atoms with Gasteiger partial charge in [0.2, 0.25) is 0 Å². The van der Waals surface area contributed by atoms with Crippen LogP contribution in [0.5, 0.6) is 0 Å². The van der Waals surface area contributed by atoms with Crippen LogP contribution in [0.3, 0.4) is 0 Å². The maximum absolute atomic E-state index is 6.51. The van der Waals surface area contributed by atoms with Gasteiger partial charge in [0.1, 0.15) is 0 Å². The Hall–Kier alpha value is -0.263. The largest absolute Gasteiger partial charge is 0.413 e. The lowest BCUT2D eigenvalue weighted by Crippen LogP contribution is -2.43. The molecular formula is C21H42OSi. The molecule has 0 saturated carbocycles. The van der Waals surface area contributed by atoms with Crippen LogP contribution in [0.4, 0.5) is 0 Å². The molecule has 23 heavy (non-hydrogen) atoms. The Morgan fingerprint density at radius 1 is 0.913 bits per heavy atom. The van der Waals surface area contributed by atoms with Crippen LogP contribution in [-0.2, 0) is 4.43 Å². The summed E-state index contributed by atoms with van der Waals surface area (Å²) in [6.07, 6.45) is 20.1. The highest BCUT2D eigenvalue weighted by Gasteiger charge is 2.38. The fraction of sp³-hybridized carbons (Fsp3) is 0.905. The third-order valence-electron chi connectivity index (χ3n) is 5.24. The lowest BCUT2D eigenvalue weighted by atomic mass is 10.0. The number of unbranched alkanes of at least 4 members (excludes halogenated alkanes) is 8. The smallest absolute Gasteiger partial charge is 0.192 e. The number of hydrogen-bond donors (Lipinski definition) is 0. The van der Waals surface area contributed by atoms with Gasteiger partial charge in [-0.15, -0.1) is 12.3 Å². The van der Waals surface area contributed by atoms with Crippen molar-refractivity contribution in [1.29, 1.82) is 0 Å². The van der Waals surface area contributed by atoms with Crippen LogP contribution in [0, 0.1) is 12.3 Å². The van der Waals surface area contributed by atoms with Crippen LogP contribution < -0.4 is 0 Å². The van der Waals surface area contributed by atoms with Crippen LogP contribution in [-0.4, -0.2) is 14.4 Å². The van der Waals surface area contributed by atoms with E-state index in [0.717, 1.165) is 12.8 Å². The molecule has 0 N–H and O–H groups in total. The van der Waals surface area contributed by atoms with Crippen molar-refractivity contribution in [1.82, 2.24) is 0 Å². The second-order valence-electron chi connectivity index (χ2n) is 8.53. The van der Waals surface area contributed by atoms with Crippen molar-refractivity contribution in [2.24, 2.45) is 0 Å². The van der Waals surface area contributed by atoms with E-state index in [2.05, 4.69) is 46.7 Å².